The summed E-state index contributed by atoms with van der Waals surface area (Å²) in [6, 6.07) is 0. The summed E-state index contributed by atoms with van der Waals surface area (Å²) in [6.45, 7) is 0. The molecular weight excluding hydrogens is 120 g/mol. The van der Waals surface area contributed by atoms with Crippen molar-refractivity contribution in [2.75, 3.05) is 0 Å². The number of hydrogen-bond donors (Lipinski definition) is 0. The van der Waals surface area contributed by atoms with Crippen LogP contribution >= 0.6 is 11.6 Å². The Morgan fingerprint density at radius 3 is 3.00 bits per heavy atom. The van der Waals surface area contributed by atoms with Crippen LogP contribution in [0.3, 0.4) is 0 Å². The first-order chi connectivity index (χ1) is 3.93. The van der Waals surface area contributed by atoms with Crippen molar-refractivity contribution < 1.29 is 0 Å². The molecule has 1 aliphatic carbocycles. The zero-order valence-corrected chi connectivity index (χ0v) is 5.28. The van der Waals surface area contributed by atoms with E-state index in [-0.39, 0.29) is 0 Å². The Bertz CT molecular complexity index is 148. The first kappa shape index (κ1) is 5.72. The Kier molecular flexibility index (Phi) is 2.00. The molecule has 0 fully saturated rings. The molecule has 1 unspecified atom stereocenters. The van der Waals surface area contributed by atoms with Crippen molar-refractivity contribution in [2.45, 2.75) is 12.8 Å². The highest BCUT2D eigenvalue weighted by Crippen LogP contribution is 2.15. The van der Waals surface area contributed by atoms with Crippen LogP contribution in [0.2, 0.25) is 0 Å². The lowest BCUT2D eigenvalue weighted by Crippen LogP contribution is -1.82. The molecule has 1 aliphatic rings. The van der Waals surface area contributed by atoms with E-state index in [4.69, 9.17) is 11.6 Å². The molecule has 0 bridgehead atoms. The average molecular weight is 127 g/mol. The number of halogens is 1. The SMILES string of the molecule is ClC#CC1C=CCC1. The van der Waals surface area contributed by atoms with Crippen molar-refractivity contribution in [3.05, 3.63) is 12.2 Å². The minimum absolute atomic E-state index is 0.437. The van der Waals surface area contributed by atoms with Gasteiger partial charge in [-0.3, -0.25) is 0 Å². The molecule has 0 nitrogen and oxygen atoms in total. The lowest BCUT2D eigenvalue weighted by atomic mass is 10.1. The van der Waals surface area contributed by atoms with Crippen LogP contribution in [0, 0.1) is 17.2 Å². The highest BCUT2D eigenvalue weighted by Gasteiger charge is 2.03. The molecule has 0 aromatic heterocycles. The summed E-state index contributed by atoms with van der Waals surface area (Å²) in [5, 5.41) is 2.38. The average Bonchev–Trinajstić information content (AvgIpc) is 2.19. The third-order valence-electron chi connectivity index (χ3n) is 1.25. The van der Waals surface area contributed by atoms with E-state index in [9.17, 15) is 0 Å². The van der Waals surface area contributed by atoms with E-state index < -0.39 is 0 Å². The minimum atomic E-state index is 0.437. The fourth-order valence-corrected chi connectivity index (χ4v) is 0.963. The van der Waals surface area contributed by atoms with Crippen LogP contribution in [-0.4, -0.2) is 0 Å². The van der Waals surface area contributed by atoms with E-state index in [0.29, 0.717) is 5.92 Å². The smallest absolute Gasteiger partial charge is 0.0398 e. The summed E-state index contributed by atoms with van der Waals surface area (Å²) < 4.78 is 0. The van der Waals surface area contributed by atoms with Gasteiger partial charge in [0.15, 0.2) is 0 Å². The summed E-state index contributed by atoms with van der Waals surface area (Å²) >= 11 is 5.19. The molecule has 0 saturated carbocycles. The normalized spacial score (nSPS) is 24.9. The fraction of sp³-hybridized carbons (Fsp3) is 0.429. The van der Waals surface area contributed by atoms with E-state index in [1.807, 2.05) is 0 Å². The van der Waals surface area contributed by atoms with Crippen LogP contribution in [-0.2, 0) is 0 Å². The van der Waals surface area contributed by atoms with Gasteiger partial charge in [0.05, 0.1) is 0 Å². The number of hydrogen-bond acceptors (Lipinski definition) is 0. The second kappa shape index (κ2) is 2.79. The van der Waals surface area contributed by atoms with Crippen molar-refractivity contribution in [2.24, 2.45) is 5.92 Å². The van der Waals surface area contributed by atoms with Crippen molar-refractivity contribution in [1.29, 1.82) is 0 Å². The predicted octanol–water partition coefficient (Wildman–Crippen LogP) is 2.15. The largest absolute Gasteiger partial charge is 0.0873 e. The van der Waals surface area contributed by atoms with Gasteiger partial charge in [-0.05, 0) is 24.4 Å². The van der Waals surface area contributed by atoms with Crippen molar-refractivity contribution >= 4 is 11.6 Å². The maximum Gasteiger partial charge on any atom is 0.0398 e. The molecule has 42 valence electrons. The Morgan fingerprint density at radius 2 is 2.50 bits per heavy atom. The summed E-state index contributed by atoms with van der Waals surface area (Å²) in [4.78, 5) is 0. The summed E-state index contributed by atoms with van der Waals surface area (Å²) in [5.74, 6) is 3.31. The lowest BCUT2D eigenvalue weighted by Gasteiger charge is -1.90. The third-order valence-corrected chi connectivity index (χ3v) is 1.36. The molecule has 0 aromatic rings. The van der Waals surface area contributed by atoms with Crippen LogP contribution in [0.1, 0.15) is 12.8 Å². The predicted molar refractivity (Wildman–Crippen MR) is 35.5 cm³/mol. The van der Waals surface area contributed by atoms with Gasteiger partial charge in [-0.25, -0.2) is 0 Å². The zero-order valence-electron chi connectivity index (χ0n) is 4.52. The van der Waals surface area contributed by atoms with Gasteiger partial charge in [0.2, 0.25) is 0 Å². The van der Waals surface area contributed by atoms with Gasteiger partial charge in [0.25, 0.3) is 0 Å². The van der Waals surface area contributed by atoms with E-state index in [1.165, 1.54) is 0 Å². The zero-order chi connectivity index (χ0) is 5.82. The molecule has 0 N–H and O–H groups in total. The van der Waals surface area contributed by atoms with Crippen molar-refractivity contribution in [1.82, 2.24) is 0 Å². The molecule has 0 heterocycles. The molecular formula is C7H7Cl. The van der Waals surface area contributed by atoms with Crippen LogP contribution < -0.4 is 0 Å². The molecule has 0 aliphatic heterocycles. The van der Waals surface area contributed by atoms with E-state index >= 15 is 0 Å². The second-order valence-corrected chi connectivity index (χ2v) is 2.04. The molecule has 1 heteroatoms. The molecule has 8 heavy (non-hydrogen) atoms. The Hall–Kier alpha value is -0.410. The van der Waals surface area contributed by atoms with Gasteiger partial charge in [0.1, 0.15) is 0 Å². The van der Waals surface area contributed by atoms with Crippen LogP contribution in [0.4, 0.5) is 0 Å². The number of allylic oxidation sites excluding steroid dienone is 2. The maximum atomic E-state index is 5.19. The Balaban J connectivity index is 2.44. The molecule has 0 amide bonds. The maximum absolute atomic E-state index is 5.19. The molecule has 1 atom stereocenters. The van der Waals surface area contributed by atoms with Crippen LogP contribution in [0.15, 0.2) is 12.2 Å². The lowest BCUT2D eigenvalue weighted by molar-refractivity contribution is 0.796. The second-order valence-electron chi connectivity index (χ2n) is 1.85. The number of rotatable bonds is 0. The highest BCUT2D eigenvalue weighted by atomic mass is 35.5. The van der Waals surface area contributed by atoms with Gasteiger partial charge in [0, 0.05) is 11.3 Å². The Morgan fingerprint density at radius 1 is 1.62 bits per heavy atom. The first-order valence-corrected chi connectivity index (χ1v) is 3.09. The van der Waals surface area contributed by atoms with E-state index in [0.717, 1.165) is 12.8 Å². The summed E-state index contributed by atoms with van der Waals surface area (Å²) in [5.41, 5.74) is 0. The quantitative estimate of drug-likeness (QED) is 0.345. The van der Waals surface area contributed by atoms with E-state index in [2.05, 4.69) is 23.5 Å². The monoisotopic (exact) mass is 126 g/mol. The Labute approximate surface area is 54.5 Å². The molecule has 0 aromatic carbocycles. The minimum Gasteiger partial charge on any atom is -0.0873 e. The first-order valence-electron chi connectivity index (χ1n) is 2.71. The van der Waals surface area contributed by atoms with Crippen molar-refractivity contribution in [3.63, 3.8) is 0 Å². The highest BCUT2D eigenvalue weighted by molar-refractivity contribution is 6.30. The van der Waals surface area contributed by atoms with Gasteiger partial charge in [-0.2, -0.15) is 0 Å². The molecule has 0 saturated heterocycles. The molecule has 0 radical (unpaired) electrons. The van der Waals surface area contributed by atoms with Gasteiger partial charge in [-0.1, -0.05) is 18.1 Å². The summed E-state index contributed by atoms with van der Waals surface area (Å²) in [6.07, 6.45) is 6.57. The van der Waals surface area contributed by atoms with E-state index in [1.54, 1.807) is 0 Å². The fourth-order valence-electron chi connectivity index (χ4n) is 0.823. The third kappa shape index (κ3) is 1.28. The van der Waals surface area contributed by atoms with Crippen molar-refractivity contribution in [3.8, 4) is 11.3 Å². The van der Waals surface area contributed by atoms with Gasteiger partial charge >= 0.3 is 0 Å². The van der Waals surface area contributed by atoms with Crippen LogP contribution in [0.25, 0.3) is 0 Å². The standard InChI is InChI=1S/C7H7Cl/c8-6-5-7-3-1-2-4-7/h1,3,7H,2,4H2. The van der Waals surface area contributed by atoms with Crippen LogP contribution in [0.5, 0.6) is 0 Å². The van der Waals surface area contributed by atoms with Gasteiger partial charge in [-0.15, -0.1) is 0 Å². The molecule has 1 rings (SSSR count). The summed E-state index contributed by atoms with van der Waals surface area (Å²) in [7, 11) is 0. The van der Waals surface area contributed by atoms with Gasteiger partial charge < -0.3 is 0 Å². The molecule has 0 spiro atoms. The topological polar surface area (TPSA) is 0 Å².